The molecule has 1 N–H and O–H groups in total. The van der Waals surface area contributed by atoms with Crippen LogP contribution in [0.25, 0.3) is 0 Å². The minimum Gasteiger partial charge on any atom is -0.312 e. The largest absolute Gasteiger partial charge is 0.312 e. The fourth-order valence-corrected chi connectivity index (χ4v) is 1.59. The van der Waals surface area contributed by atoms with Crippen LogP contribution in [-0.2, 0) is 6.54 Å². The van der Waals surface area contributed by atoms with Gasteiger partial charge in [-0.3, -0.25) is 0 Å². The van der Waals surface area contributed by atoms with Crippen molar-refractivity contribution < 1.29 is 4.39 Å². The van der Waals surface area contributed by atoms with Gasteiger partial charge in [0.1, 0.15) is 5.82 Å². The van der Waals surface area contributed by atoms with Crippen molar-refractivity contribution in [1.82, 2.24) is 5.32 Å². The van der Waals surface area contributed by atoms with E-state index in [0.717, 1.165) is 18.7 Å². The van der Waals surface area contributed by atoms with Crippen LogP contribution < -0.4 is 5.32 Å². The van der Waals surface area contributed by atoms with Crippen molar-refractivity contribution in [2.24, 2.45) is 11.3 Å². The fourth-order valence-electron chi connectivity index (χ4n) is 1.38. The minimum atomic E-state index is -0.363. The second-order valence-electron chi connectivity index (χ2n) is 5.50. The quantitative estimate of drug-likeness (QED) is 0.832. The predicted molar refractivity (Wildman–Crippen MR) is 71.7 cm³/mol. The zero-order valence-electron chi connectivity index (χ0n) is 11.0. The van der Waals surface area contributed by atoms with Gasteiger partial charge in [0.15, 0.2) is 0 Å². The normalized spacial score (nSPS) is 12.2. The molecule has 0 aliphatic rings. The molecule has 0 saturated heterocycles. The Bertz CT molecular complexity index is 374. The second-order valence-corrected chi connectivity index (χ2v) is 5.90. The van der Waals surface area contributed by atoms with Gasteiger partial charge in [-0.05, 0) is 29.0 Å². The maximum Gasteiger partial charge on any atom is 0.141 e. The molecule has 0 heterocycles. The van der Waals surface area contributed by atoms with E-state index >= 15 is 0 Å². The molecule has 0 atom stereocenters. The monoisotopic (exact) mass is 257 g/mol. The van der Waals surface area contributed by atoms with Gasteiger partial charge in [0.05, 0.1) is 5.02 Å². The second kappa shape index (κ2) is 5.83. The smallest absolute Gasteiger partial charge is 0.141 e. The van der Waals surface area contributed by atoms with E-state index < -0.39 is 0 Å². The summed E-state index contributed by atoms with van der Waals surface area (Å²) in [4.78, 5) is 0. The van der Waals surface area contributed by atoms with Crippen molar-refractivity contribution >= 4 is 11.6 Å². The fraction of sp³-hybridized carbons (Fsp3) is 0.571. The van der Waals surface area contributed by atoms with Crippen LogP contribution in [0.4, 0.5) is 4.39 Å². The zero-order valence-corrected chi connectivity index (χ0v) is 11.7. The first-order chi connectivity index (χ1) is 7.83. The highest BCUT2D eigenvalue weighted by Crippen LogP contribution is 2.24. The van der Waals surface area contributed by atoms with Gasteiger partial charge in [-0.1, -0.05) is 45.4 Å². The molecule has 17 heavy (non-hydrogen) atoms. The first-order valence-corrected chi connectivity index (χ1v) is 6.35. The summed E-state index contributed by atoms with van der Waals surface area (Å²) in [5.74, 6) is 0.254. The Morgan fingerprint density at radius 3 is 2.53 bits per heavy atom. The first-order valence-electron chi connectivity index (χ1n) is 5.97. The molecule has 0 aromatic heterocycles. The van der Waals surface area contributed by atoms with Crippen molar-refractivity contribution in [3.05, 3.63) is 34.6 Å². The van der Waals surface area contributed by atoms with E-state index in [2.05, 4.69) is 33.0 Å². The van der Waals surface area contributed by atoms with Gasteiger partial charge in [0, 0.05) is 13.1 Å². The number of rotatable bonds is 5. The van der Waals surface area contributed by atoms with Crippen molar-refractivity contribution in [3.63, 3.8) is 0 Å². The van der Waals surface area contributed by atoms with Crippen LogP contribution in [0.1, 0.15) is 33.3 Å². The predicted octanol–water partition coefficient (Wildman–Crippen LogP) is 4.25. The summed E-state index contributed by atoms with van der Waals surface area (Å²) >= 11 is 5.73. The Hall–Kier alpha value is -0.600. The number of nitrogens with one attached hydrogen (secondary N) is 1. The third kappa shape index (κ3) is 4.29. The summed E-state index contributed by atoms with van der Waals surface area (Å²) in [5, 5.41) is 3.58. The highest BCUT2D eigenvalue weighted by molar-refractivity contribution is 6.30. The van der Waals surface area contributed by atoms with Crippen molar-refractivity contribution in [3.8, 4) is 0 Å². The van der Waals surface area contributed by atoms with E-state index in [1.54, 1.807) is 12.1 Å². The van der Waals surface area contributed by atoms with Crippen LogP contribution in [0.15, 0.2) is 18.2 Å². The average Bonchev–Trinajstić information content (AvgIpc) is 2.23. The zero-order chi connectivity index (χ0) is 13.1. The van der Waals surface area contributed by atoms with Gasteiger partial charge in [-0.2, -0.15) is 0 Å². The SMILES string of the molecule is CC(C)C(C)(C)CNCc1ccc(F)c(Cl)c1. The van der Waals surface area contributed by atoms with Gasteiger partial charge < -0.3 is 5.32 Å². The number of hydrogen-bond donors (Lipinski definition) is 1. The Kier molecular flexibility index (Phi) is 4.96. The number of benzene rings is 1. The van der Waals surface area contributed by atoms with Crippen LogP contribution in [-0.4, -0.2) is 6.54 Å². The van der Waals surface area contributed by atoms with Gasteiger partial charge in [-0.25, -0.2) is 4.39 Å². The maximum absolute atomic E-state index is 13.0. The molecule has 96 valence electrons. The Labute approximate surface area is 108 Å². The van der Waals surface area contributed by atoms with E-state index in [4.69, 9.17) is 11.6 Å². The summed E-state index contributed by atoms with van der Waals surface area (Å²) in [6.45, 7) is 10.6. The molecule has 3 heteroatoms. The van der Waals surface area contributed by atoms with Gasteiger partial charge in [0.2, 0.25) is 0 Å². The lowest BCUT2D eigenvalue weighted by Gasteiger charge is -2.29. The molecule has 1 nitrogen and oxygen atoms in total. The van der Waals surface area contributed by atoms with Crippen LogP contribution >= 0.6 is 11.6 Å². The Morgan fingerprint density at radius 1 is 1.35 bits per heavy atom. The van der Waals surface area contributed by atoms with Crippen molar-refractivity contribution in [2.75, 3.05) is 6.54 Å². The molecule has 0 spiro atoms. The molecule has 0 aliphatic carbocycles. The van der Waals surface area contributed by atoms with Gasteiger partial charge in [-0.15, -0.1) is 0 Å². The summed E-state index contributed by atoms with van der Waals surface area (Å²) in [6.07, 6.45) is 0. The third-order valence-electron chi connectivity index (χ3n) is 3.46. The summed E-state index contributed by atoms with van der Waals surface area (Å²) < 4.78 is 13.0. The van der Waals surface area contributed by atoms with Crippen LogP contribution in [0, 0.1) is 17.2 Å². The van der Waals surface area contributed by atoms with Gasteiger partial charge >= 0.3 is 0 Å². The lowest BCUT2D eigenvalue weighted by Crippen LogP contribution is -2.33. The topological polar surface area (TPSA) is 12.0 Å². The molecule has 0 aliphatic heterocycles. The summed E-state index contributed by atoms with van der Waals surface area (Å²) in [5.41, 5.74) is 1.26. The van der Waals surface area contributed by atoms with E-state index in [1.807, 2.05) is 0 Å². The standard InChI is InChI=1S/C14H21ClFN/c1-10(2)14(3,4)9-17-8-11-5-6-13(16)12(15)7-11/h5-7,10,17H,8-9H2,1-4H3. The lowest BCUT2D eigenvalue weighted by molar-refractivity contribution is 0.238. The number of halogens is 2. The van der Waals surface area contributed by atoms with E-state index in [1.165, 1.54) is 6.07 Å². The molecule has 0 radical (unpaired) electrons. The molecule has 0 amide bonds. The molecular weight excluding hydrogens is 237 g/mol. The van der Waals surface area contributed by atoms with Crippen LogP contribution in [0.3, 0.4) is 0 Å². The van der Waals surface area contributed by atoms with Crippen molar-refractivity contribution in [1.29, 1.82) is 0 Å². The highest BCUT2D eigenvalue weighted by Gasteiger charge is 2.21. The molecule has 1 aromatic rings. The molecule has 1 aromatic carbocycles. The average molecular weight is 258 g/mol. The molecule has 0 fully saturated rings. The van der Waals surface area contributed by atoms with Crippen LogP contribution in [0.2, 0.25) is 5.02 Å². The molecule has 1 rings (SSSR count). The molecule has 0 unspecified atom stereocenters. The minimum absolute atomic E-state index is 0.187. The summed E-state index contributed by atoms with van der Waals surface area (Å²) in [7, 11) is 0. The molecule has 0 saturated carbocycles. The highest BCUT2D eigenvalue weighted by atomic mass is 35.5. The first kappa shape index (κ1) is 14.5. The Balaban J connectivity index is 2.49. The Morgan fingerprint density at radius 2 is 2.00 bits per heavy atom. The summed E-state index contributed by atoms with van der Waals surface area (Å²) in [6, 6.07) is 4.84. The van der Waals surface area contributed by atoms with E-state index in [0.29, 0.717) is 5.92 Å². The lowest BCUT2D eigenvalue weighted by atomic mass is 9.81. The van der Waals surface area contributed by atoms with E-state index in [9.17, 15) is 4.39 Å². The molecular formula is C14H21ClFN. The van der Waals surface area contributed by atoms with E-state index in [-0.39, 0.29) is 16.3 Å². The maximum atomic E-state index is 13.0. The van der Waals surface area contributed by atoms with Gasteiger partial charge in [0.25, 0.3) is 0 Å². The number of hydrogen-bond acceptors (Lipinski definition) is 1. The van der Waals surface area contributed by atoms with Crippen molar-refractivity contribution in [2.45, 2.75) is 34.2 Å². The van der Waals surface area contributed by atoms with Crippen LogP contribution in [0.5, 0.6) is 0 Å². The third-order valence-corrected chi connectivity index (χ3v) is 3.75. The molecule has 0 bridgehead atoms.